The van der Waals surface area contributed by atoms with Crippen LogP contribution in [0.15, 0.2) is 191 Å². The van der Waals surface area contributed by atoms with E-state index in [9.17, 15) is 8.42 Å². The molecule has 0 aliphatic rings. The molecule has 0 amide bonds. The molecule has 67 heavy (non-hydrogen) atoms. The Balaban J connectivity index is 0.000000176. The van der Waals surface area contributed by atoms with E-state index in [1.807, 2.05) is 61.8 Å². The van der Waals surface area contributed by atoms with Crippen molar-refractivity contribution in [2.75, 3.05) is 0 Å². The van der Waals surface area contributed by atoms with Crippen molar-refractivity contribution < 1.29 is 8.42 Å². The van der Waals surface area contributed by atoms with Crippen molar-refractivity contribution in [1.29, 1.82) is 0 Å². The van der Waals surface area contributed by atoms with Crippen molar-refractivity contribution in [3.63, 3.8) is 0 Å². The van der Waals surface area contributed by atoms with Gasteiger partial charge in [-0.3, -0.25) is 0 Å². The van der Waals surface area contributed by atoms with E-state index < -0.39 is 9.84 Å². The lowest BCUT2D eigenvalue weighted by Crippen LogP contribution is -1.99. The molecule has 6 nitrogen and oxygen atoms in total. The maximum atomic E-state index is 12.7. The molecule has 0 atom stereocenters. The number of halogens is 2. The Morgan fingerprint density at radius 3 is 1.51 bits per heavy atom. The number of aryl methyl sites for hydroxylation is 5. The third-order valence-corrected chi connectivity index (χ3v) is 17.2. The van der Waals surface area contributed by atoms with Gasteiger partial charge in [-0.2, -0.15) is 0 Å². The first-order chi connectivity index (χ1) is 31.8. The monoisotopic (exact) mass is 1080 g/mol. The molecule has 0 unspecified atom stereocenters. The molecule has 3 aromatic heterocycles. The highest BCUT2D eigenvalue weighted by Crippen LogP contribution is 2.35. The van der Waals surface area contributed by atoms with Crippen LogP contribution in [0.3, 0.4) is 0 Å². The molecule has 0 fully saturated rings. The normalized spacial score (nSPS) is 10.6. The van der Waals surface area contributed by atoms with Gasteiger partial charge in [0, 0.05) is 16.3 Å². The van der Waals surface area contributed by atoms with Gasteiger partial charge >= 0.3 is 0 Å². The number of nitrogens with two attached hydrogens (primary N) is 1. The smallest absolute Gasteiger partial charge is 0.217 e. The van der Waals surface area contributed by atoms with Crippen molar-refractivity contribution in [3.8, 4) is 33.4 Å². The number of benzene rings is 6. The summed E-state index contributed by atoms with van der Waals surface area (Å²) in [4.78, 5) is 15.1. The van der Waals surface area contributed by atoms with Crippen molar-refractivity contribution in [3.05, 3.63) is 200 Å². The summed E-state index contributed by atoms with van der Waals surface area (Å²) in [5, 5.41) is 3.00. The fourth-order valence-electron chi connectivity index (χ4n) is 6.21. The number of rotatable bonds is 10. The van der Waals surface area contributed by atoms with Crippen molar-refractivity contribution >= 4 is 96.6 Å². The van der Waals surface area contributed by atoms with Gasteiger partial charge in [0.15, 0.2) is 0 Å². The summed E-state index contributed by atoms with van der Waals surface area (Å²) in [5.74, 6) is 0. The SMILES string of the molecule is CCc1ncc(Br)s1.CCc1ncc(Sc2cccc(-c3ccc(C)cc3)c2)s1.Cc1ccc(-c2cccc(S(=O)(=O)c3cnc(CN)s3)c2)cc1.Cc1ccc(-c2cccc(S)c2)cc1.Cl. The van der Waals surface area contributed by atoms with Crippen LogP contribution in [0.2, 0.25) is 0 Å². The highest BCUT2D eigenvalue weighted by molar-refractivity contribution is 9.11. The Labute approximate surface area is 432 Å². The van der Waals surface area contributed by atoms with E-state index in [-0.39, 0.29) is 28.1 Å². The van der Waals surface area contributed by atoms with E-state index in [1.54, 1.807) is 52.6 Å². The average Bonchev–Trinajstić information content (AvgIpc) is 4.12. The van der Waals surface area contributed by atoms with Crippen LogP contribution < -0.4 is 5.73 Å². The molecule has 9 rings (SSSR count). The minimum absolute atomic E-state index is 0. The molecule has 2 N–H and O–H groups in total. The van der Waals surface area contributed by atoms with E-state index in [0.717, 1.165) is 49.6 Å². The van der Waals surface area contributed by atoms with Gasteiger partial charge < -0.3 is 5.73 Å². The zero-order valence-electron chi connectivity index (χ0n) is 37.7. The predicted octanol–water partition coefficient (Wildman–Crippen LogP) is 16.1. The molecule has 0 saturated carbocycles. The number of thiol groups is 1. The Hall–Kier alpha value is -4.41. The van der Waals surface area contributed by atoms with Crippen LogP contribution >= 0.6 is 86.7 Å². The summed E-state index contributed by atoms with van der Waals surface area (Å²) >= 11 is 14.0. The first-order valence-electron chi connectivity index (χ1n) is 21.2. The molecule has 3 heterocycles. The van der Waals surface area contributed by atoms with Crippen molar-refractivity contribution in [2.45, 2.75) is 77.1 Å². The van der Waals surface area contributed by atoms with Gasteiger partial charge in [0.2, 0.25) is 9.84 Å². The third kappa shape index (κ3) is 16.1. The molecular weight excluding hydrogens is 1030 g/mol. The molecule has 346 valence electrons. The van der Waals surface area contributed by atoms with Gasteiger partial charge in [0.05, 0.1) is 41.5 Å². The van der Waals surface area contributed by atoms with Crippen LogP contribution in [-0.2, 0) is 29.2 Å². The van der Waals surface area contributed by atoms with Crippen LogP contribution in [0.4, 0.5) is 0 Å². The molecule has 9 aromatic rings. The molecule has 0 saturated heterocycles. The second-order valence-electron chi connectivity index (χ2n) is 14.9. The zero-order valence-corrected chi connectivity index (χ0v) is 45.1. The second kappa shape index (κ2) is 26.4. The second-order valence-corrected chi connectivity index (χ2v) is 23.7. The maximum absolute atomic E-state index is 12.7. The highest BCUT2D eigenvalue weighted by Gasteiger charge is 2.21. The summed E-state index contributed by atoms with van der Waals surface area (Å²) in [6.07, 6.45) is 7.24. The molecular formula is C53H52BrClN4O2S6. The number of nitrogens with zero attached hydrogens (tertiary/aromatic N) is 3. The van der Waals surface area contributed by atoms with E-state index in [4.69, 9.17) is 5.73 Å². The number of hydrogen-bond donors (Lipinski definition) is 2. The van der Waals surface area contributed by atoms with Crippen molar-refractivity contribution in [2.24, 2.45) is 5.73 Å². The topological polar surface area (TPSA) is 98.8 Å². The van der Waals surface area contributed by atoms with Crippen LogP contribution in [0, 0.1) is 20.8 Å². The molecule has 0 aliphatic carbocycles. The maximum Gasteiger partial charge on any atom is 0.217 e. The predicted molar refractivity (Wildman–Crippen MR) is 295 cm³/mol. The summed E-state index contributed by atoms with van der Waals surface area (Å²) in [6, 6.07) is 49.0. The minimum atomic E-state index is -3.57. The first kappa shape index (κ1) is 53.5. The zero-order chi connectivity index (χ0) is 47.1. The molecule has 14 heteroatoms. The van der Waals surface area contributed by atoms with Crippen LogP contribution in [-0.4, -0.2) is 23.4 Å². The Morgan fingerprint density at radius 2 is 1.04 bits per heavy atom. The van der Waals surface area contributed by atoms with E-state index in [0.29, 0.717) is 5.01 Å². The van der Waals surface area contributed by atoms with Gasteiger partial charge in [-0.05, 0) is 119 Å². The van der Waals surface area contributed by atoms with Crippen LogP contribution in [0.25, 0.3) is 33.4 Å². The summed E-state index contributed by atoms with van der Waals surface area (Å²) in [7, 11) is -3.57. The summed E-state index contributed by atoms with van der Waals surface area (Å²) in [6.45, 7) is 10.7. The Bertz CT molecular complexity index is 3040. The number of hydrogen-bond acceptors (Lipinski definition) is 11. The fraction of sp³-hybridized carbons (Fsp3) is 0.151. The average molecular weight is 1080 g/mol. The summed E-state index contributed by atoms with van der Waals surface area (Å²) < 4.78 is 28.1. The van der Waals surface area contributed by atoms with Gasteiger partial charge in [0.25, 0.3) is 0 Å². The molecule has 0 spiro atoms. The fourth-order valence-corrected chi connectivity index (χ4v) is 12.2. The molecule has 0 bridgehead atoms. The van der Waals surface area contributed by atoms with Gasteiger partial charge in [0.1, 0.15) is 9.22 Å². The van der Waals surface area contributed by atoms with E-state index >= 15 is 0 Å². The largest absolute Gasteiger partial charge is 0.325 e. The molecule has 6 aromatic carbocycles. The van der Waals surface area contributed by atoms with Gasteiger partial charge in [-0.25, -0.2) is 23.4 Å². The quantitative estimate of drug-likeness (QED) is 0.132. The first-order valence-corrected chi connectivity index (χ1v) is 27.1. The number of thiazole rings is 3. The Morgan fingerprint density at radius 1 is 0.567 bits per heavy atom. The standard InChI is InChI=1S/C18H17NS2.C17H16N2O2S2.C13H12S.C5H6BrNS.ClH/c1-3-17-19-12-18(21-17)20-16-6-4-5-15(11-16)14-9-7-13(2)8-10-14;1-12-5-7-13(8-6-12)14-3-2-4-15(9-14)23(20,21)17-11-19-16(10-18)22-17;1-10-5-7-11(8-6-10)12-3-2-4-13(14)9-12;1-2-5-7-3-4(6)8-5;/h4-12H,3H2,1-2H3;2-9,11H,10,18H2,1H3;2-9,14H,1H3;3H,2H2,1H3;1H. The lowest BCUT2D eigenvalue weighted by atomic mass is 10.0. The lowest BCUT2D eigenvalue weighted by molar-refractivity contribution is 0.598. The van der Waals surface area contributed by atoms with E-state index in [2.05, 4.69) is 156 Å². The van der Waals surface area contributed by atoms with Crippen LogP contribution in [0.1, 0.15) is 45.6 Å². The number of sulfone groups is 1. The number of aromatic nitrogens is 3. The van der Waals surface area contributed by atoms with E-state index in [1.165, 1.54) is 58.7 Å². The van der Waals surface area contributed by atoms with Gasteiger partial charge in [-0.15, -0.1) is 59.0 Å². The third-order valence-electron chi connectivity index (χ3n) is 9.83. The Kier molecular flexibility index (Phi) is 21.1. The van der Waals surface area contributed by atoms with Crippen LogP contribution in [0.5, 0.6) is 0 Å². The summed E-state index contributed by atoms with van der Waals surface area (Å²) in [5.41, 5.74) is 16.1. The minimum Gasteiger partial charge on any atom is -0.325 e. The molecule has 0 radical (unpaired) electrons. The lowest BCUT2D eigenvalue weighted by Gasteiger charge is -2.06. The molecule has 0 aliphatic heterocycles. The highest BCUT2D eigenvalue weighted by atomic mass is 79.9. The van der Waals surface area contributed by atoms with Crippen molar-refractivity contribution in [1.82, 2.24) is 15.0 Å². The van der Waals surface area contributed by atoms with Gasteiger partial charge in [-0.1, -0.05) is 151 Å².